The highest BCUT2D eigenvalue weighted by Gasteiger charge is 2.24. The highest BCUT2D eigenvalue weighted by Crippen LogP contribution is 2.31. The molecule has 21 heavy (non-hydrogen) atoms. The number of benzene rings is 1. The Morgan fingerprint density at radius 3 is 2.71 bits per heavy atom. The Labute approximate surface area is 129 Å². The van der Waals surface area contributed by atoms with Crippen molar-refractivity contribution in [2.24, 2.45) is 11.7 Å². The summed E-state index contributed by atoms with van der Waals surface area (Å²) in [6, 6.07) is 7.42. The summed E-state index contributed by atoms with van der Waals surface area (Å²) in [6.07, 6.45) is 5.09. The molecule has 0 spiro atoms. The van der Waals surface area contributed by atoms with Crippen LogP contribution in [0.2, 0.25) is 0 Å². The van der Waals surface area contributed by atoms with Gasteiger partial charge >= 0.3 is 0 Å². The van der Waals surface area contributed by atoms with Gasteiger partial charge in [-0.05, 0) is 61.9 Å². The molecule has 0 bridgehead atoms. The van der Waals surface area contributed by atoms with Crippen LogP contribution in [0.3, 0.4) is 0 Å². The second-order valence-electron chi connectivity index (χ2n) is 6.88. The van der Waals surface area contributed by atoms with E-state index >= 15 is 0 Å². The van der Waals surface area contributed by atoms with Gasteiger partial charge in [-0.1, -0.05) is 19.1 Å². The first-order valence-corrected chi connectivity index (χ1v) is 8.47. The third-order valence-electron chi connectivity index (χ3n) is 5.32. The van der Waals surface area contributed by atoms with Crippen LogP contribution in [0.1, 0.15) is 43.4 Å². The lowest BCUT2D eigenvalue weighted by atomic mass is 9.93. The maximum absolute atomic E-state index is 6.12. The Balaban J connectivity index is 1.81. The monoisotopic (exact) mass is 287 g/mol. The van der Waals surface area contributed by atoms with Gasteiger partial charge in [-0.2, -0.15) is 0 Å². The second kappa shape index (κ2) is 6.37. The van der Waals surface area contributed by atoms with Crippen molar-refractivity contribution in [2.45, 2.75) is 38.6 Å². The van der Waals surface area contributed by atoms with Crippen molar-refractivity contribution in [3.63, 3.8) is 0 Å². The number of fused-ring (bicyclic) bond motifs is 1. The molecular formula is C18H29N3. The SMILES string of the molecule is CC1CCN(C(CN)c2ccc3c(c2)CCCN3C)CC1. The van der Waals surface area contributed by atoms with Gasteiger partial charge in [0, 0.05) is 31.9 Å². The standard InChI is InChI=1S/C18H29N3/c1-14-7-10-21(11-8-14)18(13-19)16-5-6-17-15(12-16)4-3-9-20(17)2/h5-6,12,14,18H,3-4,7-11,13,19H2,1-2H3. The van der Waals surface area contributed by atoms with Gasteiger partial charge in [-0.25, -0.2) is 0 Å². The van der Waals surface area contributed by atoms with Crippen molar-refractivity contribution in [2.75, 3.05) is 38.1 Å². The Morgan fingerprint density at radius 1 is 1.24 bits per heavy atom. The van der Waals surface area contributed by atoms with Gasteiger partial charge in [0.25, 0.3) is 0 Å². The van der Waals surface area contributed by atoms with E-state index in [1.54, 1.807) is 0 Å². The molecule has 1 aromatic rings. The fourth-order valence-electron chi connectivity index (χ4n) is 3.85. The summed E-state index contributed by atoms with van der Waals surface area (Å²) in [5.74, 6) is 0.872. The van der Waals surface area contributed by atoms with Crippen LogP contribution >= 0.6 is 0 Å². The van der Waals surface area contributed by atoms with Crippen molar-refractivity contribution >= 4 is 5.69 Å². The van der Waals surface area contributed by atoms with Gasteiger partial charge in [0.1, 0.15) is 0 Å². The molecule has 2 aliphatic heterocycles. The van der Waals surface area contributed by atoms with Crippen molar-refractivity contribution in [1.29, 1.82) is 0 Å². The summed E-state index contributed by atoms with van der Waals surface area (Å²) in [5.41, 5.74) is 10.5. The van der Waals surface area contributed by atoms with Crippen molar-refractivity contribution in [1.82, 2.24) is 4.90 Å². The summed E-state index contributed by atoms with van der Waals surface area (Å²) in [4.78, 5) is 4.97. The molecule has 3 heteroatoms. The van der Waals surface area contributed by atoms with Gasteiger partial charge < -0.3 is 10.6 Å². The predicted octanol–water partition coefficient (Wildman–Crippen LogP) is 2.80. The first-order valence-electron chi connectivity index (χ1n) is 8.47. The molecule has 0 aliphatic carbocycles. The molecule has 0 saturated carbocycles. The average Bonchev–Trinajstić information content (AvgIpc) is 2.50. The molecule has 3 rings (SSSR count). The first-order chi connectivity index (χ1) is 10.2. The summed E-state index contributed by atoms with van der Waals surface area (Å²) in [5, 5.41) is 0. The zero-order chi connectivity index (χ0) is 14.8. The molecule has 0 radical (unpaired) electrons. The summed E-state index contributed by atoms with van der Waals surface area (Å²) >= 11 is 0. The van der Waals surface area contributed by atoms with Gasteiger partial charge in [-0.15, -0.1) is 0 Å². The third kappa shape index (κ3) is 3.09. The van der Waals surface area contributed by atoms with E-state index in [4.69, 9.17) is 5.73 Å². The fraction of sp³-hybridized carbons (Fsp3) is 0.667. The first kappa shape index (κ1) is 14.9. The fourth-order valence-corrected chi connectivity index (χ4v) is 3.85. The number of nitrogens with zero attached hydrogens (tertiary/aromatic N) is 2. The molecule has 1 unspecified atom stereocenters. The lowest BCUT2D eigenvalue weighted by Crippen LogP contribution is -2.39. The minimum Gasteiger partial charge on any atom is -0.374 e. The van der Waals surface area contributed by atoms with Crippen LogP contribution in [0.25, 0.3) is 0 Å². The van der Waals surface area contributed by atoms with Crippen LogP contribution in [0.15, 0.2) is 18.2 Å². The Bertz CT molecular complexity index is 477. The van der Waals surface area contributed by atoms with E-state index in [9.17, 15) is 0 Å². The number of piperidine rings is 1. The van der Waals surface area contributed by atoms with Crippen LogP contribution in [0, 0.1) is 5.92 Å². The largest absolute Gasteiger partial charge is 0.374 e. The molecule has 0 aromatic heterocycles. The van der Waals surface area contributed by atoms with Crippen molar-refractivity contribution < 1.29 is 0 Å². The van der Waals surface area contributed by atoms with E-state index < -0.39 is 0 Å². The Kier molecular flexibility index (Phi) is 4.51. The van der Waals surface area contributed by atoms with Crippen LogP contribution < -0.4 is 10.6 Å². The maximum Gasteiger partial charge on any atom is 0.0470 e. The van der Waals surface area contributed by atoms with E-state index in [0.717, 1.165) is 12.5 Å². The van der Waals surface area contributed by atoms with Gasteiger partial charge in [-0.3, -0.25) is 4.90 Å². The van der Waals surface area contributed by atoms with Gasteiger partial charge in [0.2, 0.25) is 0 Å². The minimum atomic E-state index is 0.398. The average molecular weight is 287 g/mol. The molecule has 0 amide bonds. The molecule has 1 fully saturated rings. The molecule has 1 atom stereocenters. The lowest BCUT2D eigenvalue weighted by Gasteiger charge is -2.37. The highest BCUT2D eigenvalue weighted by atomic mass is 15.2. The number of hydrogen-bond acceptors (Lipinski definition) is 3. The quantitative estimate of drug-likeness (QED) is 0.928. The third-order valence-corrected chi connectivity index (χ3v) is 5.32. The molecule has 2 heterocycles. The van der Waals surface area contributed by atoms with E-state index in [-0.39, 0.29) is 0 Å². The second-order valence-corrected chi connectivity index (χ2v) is 6.88. The number of rotatable bonds is 3. The molecule has 1 aromatic carbocycles. The van der Waals surface area contributed by atoms with Crippen LogP contribution in [0.5, 0.6) is 0 Å². The van der Waals surface area contributed by atoms with Crippen molar-refractivity contribution in [3.8, 4) is 0 Å². The van der Waals surface area contributed by atoms with Crippen LogP contribution in [0.4, 0.5) is 5.69 Å². The van der Waals surface area contributed by atoms with Crippen LogP contribution in [-0.2, 0) is 6.42 Å². The smallest absolute Gasteiger partial charge is 0.0470 e. The number of likely N-dealkylation sites (tertiary alicyclic amines) is 1. The summed E-state index contributed by atoms with van der Waals surface area (Å²) in [7, 11) is 2.20. The number of hydrogen-bond donors (Lipinski definition) is 1. The molecule has 116 valence electrons. The lowest BCUT2D eigenvalue weighted by molar-refractivity contribution is 0.141. The summed E-state index contributed by atoms with van der Waals surface area (Å²) in [6.45, 7) is 6.66. The maximum atomic E-state index is 6.12. The van der Waals surface area contributed by atoms with Gasteiger partial charge in [0.15, 0.2) is 0 Å². The topological polar surface area (TPSA) is 32.5 Å². The molecular weight excluding hydrogens is 258 g/mol. The molecule has 1 saturated heterocycles. The number of anilines is 1. The van der Waals surface area contributed by atoms with E-state index in [0.29, 0.717) is 6.04 Å². The molecule has 2 N–H and O–H groups in total. The van der Waals surface area contributed by atoms with Gasteiger partial charge in [0.05, 0.1) is 0 Å². The Morgan fingerprint density at radius 2 is 2.00 bits per heavy atom. The highest BCUT2D eigenvalue weighted by molar-refractivity contribution is 5.56. The summed E-state index contributed by atoms with van der Waals surface area (Å²) < 4.78 is 0. The number of aryl methyl sites for hydroxylation is 1. The zero-order valence-corrected chi connectivity index (χ0v) is 13.5. The van der Waals surface area contributed by atoms with E-state index in [2.05, 4.69) is 42.0 Å². The molecule has 2 aliphatic rings. The van der Waals surface area contributed by atoms with E-state index in [1.807, 2.05) is 0 Å². The van der Waals surface area contributed by atoms with Crippen molar-refractivity contribution in [3.05, 3.63) is 29.3 Å². The zero-order valence-electron chi connectivity index (χ0n) is 13.5. The Hall–Kier alpha value is -1.06. The molecule has 3 nitrogen and oxygen atoms in total. The van der Waals surface area contributed by atoms with E-state index in [1.165, 1.54) is 62.1 Å². The number of nitrogens with two attached hydrogens (primary N) is 1. The predicted molar refractivity (Wildman–Crippen MR) is 89.8 cm³/mol. The normalized spacial score (nSPS) is 22.1. The van der Waals surface area contributed by atoms with Crippen LogP contribution in [-0.4, -0.2) is 38.1 Å². The minimum absolute atomic E-state index is 0.398.